The van der Waals surface area contributed by atoms with E-state index >= 15 is 13.2 Å². The van der Waals surface area contributed by atoms with Crippen LogP contribution in [-0.4, -0.2) is 9.13 Å². The molecule has 0 spiro atoms. The van der Waals surface area contributed by atoms with Gasteiger partial charge in [-0.05, 0) is 171 Å². The molecule has 0 aliphatic rings. The second kappa shape index (κ2) is 20.3. The molecule has 0 amide bonds. The number of hydrogen-bond acceptors (Lipinski definition) is 9. The smallest absolute Gasteiger partial charge is 0.308 e. The Hall–Kier alpha value is -13.0. The average molecular weight is 1080 g/mol. The van der Waals surface area contributed by atoms with E-state index in [4.69, 9.17) is 0 Å². The van der Waals surface area contributed by atoms with Crippen molar-refractivity contribution in [2.75, 3.05) is 0 Å². The third-order valence-corrected chi connectivity index (χ3v) is 15.1. The van der Waals surface area contributed by atoms with E-state index in [2.05, 4.69) is 54.6 Å². The predicted octanol–water partition coefficient (Wildman–Crippen LogP) is 16.1. The van der Waals surface area contributed by atoms with Crippen molar-refractivity contribution in [2.45, 2.75) is 6.18 Å². The zero-order valence-corrected chi connectivity index (χ0v) is 43.4. The molecule has 0 atom stereocenters. The van der Waals surface area contributed by atoms with Crippen LogP contribution in [0.5, 0.6) is 0 Å². The third kappa shape index (κ3) is 8.48. The second-order valence-corrected chi connectivity index (χ2v) is 19.6. The van der Waals surface area contributed by atoms with E-state index in [0.29, 0.717) is 88.1 Å². The summed E-state index contributed by atoms with van der Waals surface area (Å²) in [4.78, 5) is 0. The number of aromatic nitrogens is 2. The number of nitrogens with zero attached hydrogens (tertiary/aromatic N) is 11. The van der Waals surface area contributed by atoms with Gasteiger partial charge in [-0.25, -0.2) is 0 Å². The van der Waals surface area contributed by atoms with E-state index in [0.717, 1.165) is 6.07 Å². The zero-order valence-electron chi connectivity index (χ0n) is 43.4. The van der Waals surface area contributed by atoms with Crippen LogP contribution >= 0.6 is 0 Å². The average Bonchev–Trinajstić information content (AvgIpc) is 1.75. The Morgan fingerprint density at radius 1 is 0.286 bits per heavy atom. The summed E-state index contributed by atoms with van der Waals surface area (Å²) < 4.78 is 49.7. The summed E-state index contributed by atoms with van der Waals surface area (Å²) in [5.41, 5.74) is 7.90. The Morgan fingerprint density at radius 2 is 0.595 bits per heavy atom. The fraction of sp³-hybridized carbons (Fsp3) is 0.0143. The molecule has 10 aromatic carbocycles. The van der Waals surface area contributed by atoms with Crippen LogP contribution in [-0.2, 0) is 6.18 Å². The zero-order chi connectivity index (χ0) is 58.6. The summed E-state index contributed by atoms with van der Waals surface area (Å²) in [5.74, 6) is 0. The van der Waals surface area contributed by atoms with Crippen LogP contribution in [0.4, 0.5) is 13.2 Å². The first-order valence-electron chi connectivity index (χ1n) is 25.6. The molecule has 12 rings (SSSR count). The molecule has 0 bridgehead atoms. The van der Waals surface area contributed by atoms with Crippen LogP contribution in [0.2, 0.25) is 0 Å². The fourth-order valence-corrected chi connectivity index (χ4v) is 11.3. The Morgan fingerprint density at radius 3 is 0.869 bits per heavy atom. The van der Waals surface area contributed by atoms with Crippen LogP contribution in [0.25, 0.3) is 111 Å². The molecule has 0 N–H and O–H groups in total. The molecule has 0 fully saturated rings. The Bertz CT molecular complexity index is 4760. The molecular weight excluding hydrogens is 1050 g/mol. The Labute approximate surface area is 476 Å². The lowest BCUT2D eigenvalue weighted by molar-refractivity contribution is -0.137. The van der Waals surface area contributed by atoms with Gasteiger partial charge in [0.05, 0.1) is 132 Å². The quantitative estimate of drug-likeness (QED) is 0.148. The van der Waals surface area contributed by atoms with Gasteiger partial charge in [0.15, 0.2) is 0 Å². The van der Waals surface area contributed by atoms with Gasteiger partial charge in [-0.15, -0.1) is 0 Å². The number of halogens is 3. The highest BCUT2D eigenvalue weighted by Crippen LogP contribution is 2.46. The maximum atomic E-state index is 15.4. The van der Waals surface area contributed by atoms with Crippen molar-refractivity contribution in [2.24, 2.45) is 0 Å². The first-order chi connectivity index (χ1) is 40.8. The minimum atomic E-state index is -4.83. The normalized spacial score (nSPS) is 10.9. The van der Waals surface area contributed by atoms with Gasteiger partial charge in [0.1, 0.15) is 11.6 Å². The number of hydrogen-bond donors (Lipinski definition) is 0. The van der Waals surface area contributed by atoms with Crippen molar-refractivity contribution < 1.29 is 13.2 Å². The van der Waals surface area contributed by atoms with Crippen LogP contribution < -0.4 is 0 Å². The van der Waals surface area contributed by atoms with Gasteiger partial charge < -0.3 is 9.13 Å². The summed E-state index contributed by atoms with van der Waals surface area (Å²) in [7, 11) is 0. The lowest BCUT2D eigenvalue weighted by atomic mass is 9.95. The number of nitriles is 9. The SMILES string of the molecule is N#Cc1ccc(-c2ccc3c(c2)c2cc(-c4ccc(C#N)cc4C#N)ccc2n3-c2cc(-c3ccccc3C(F)(F)F)cc(-n3c4ccc(-c5ccc(C#N)cc5C#N)cc4c4cc(-c5ccc(C#N)cc5C#N)ccc43)c2C#N)c(C#N)c1. The minimum absolute atomic E-state index is 0.0394. The number of benzene rings is 10. The van der Waals surface area contributed by atoms with Gasteiger partial charge in [0.25, 0.3) is 0 Å². The molecular formula is C70H30F3N11. The van der Waals surface area contributed by atoms with Crippen molar-refractivity contribution in [3.05, 3.63) is 238 Å². The molecule has 2 aromatic heterocycles. The molecule has 0 saturated heterocycles. The van der Waals surface area contributed by atoms with Gasteiger partial charge in [0, 0.05) is 21.5 Å². The summed E-state index contributed by atoms with van der Waals surface area (Å²) in [5, 5.41) is 94.3. The molecule has 0 radical (unpaired) electrons. The molecule has 386 valence electrons. The lowest BCUT2D eigenvalue weighted by Crippen LogP contribution is -2.09. The molecule has 0 aliphatic heterocycles. The summed E-state index contributed by atoms with van der Waals surface area (Å²) in [6, 6.07) is 68.7. The van der Waals surface area contributed by atoms with E-state index in [1.165, 1.54) is 42.5 Å². The number of fused-ring (bicyclic) bond motifs is 6. The highest BCUT2D eigenvalue weighted by atomic mass is 19.4. The van der Waals surface area contributed by atoms with Crippen LogP contribution in [0.3, 0.4) is 0 Å². The van der Waals surface area contributed by atoms with Crippen LogP contribution in [0, 0.1) is 102 Å². The van der Waals surface area contributed by atoms with Crippen molar-refractivity contribution in [3.63, 3.8) is 0 Å². The Kier molecular flexibility index (Phi) is 12.5. The molecule has 0 saturated carbocycles. The van der Waals surface area contributed by atoms with E-state index in [9.17, 15) is 47.4 Å². The monoisotopic (exact) mass is 1080 g/mol. The first-order valence-corrected chi connectivity index (χ1v) is 25.6. The first kappa shape index (κ1) is 51.7. The van der Waals surface area contributed by atoms with Crippen molar-refractivity contribution in [1.29, 1.82) is 47.4 Å². The topological polar surface area (TPSA) is 224 Å². The second-order valence-electron chi connectivity index (χ2n) is 19.6. The highest BCUT2D eigenvalue weighted by Gasteiger charge is 2.34. The van der Waals surface area contributed by atoms with Gasteiger partial charge >= 0.3 is 6.18 Å². The van der Waals surface area contributed by atoms with E-state index < -0.39 is 11.7 Å². The maximum absolute atomic E-state index is 15.4. The van der Waals surface area contributed by atoms with E-state index in [1.54, 1.807) is 118 Å². The molecule has 12 aromatic rings. The van der Waals surface area contributed by atoms with Gasteiger partial charge in [-0.1, -0.05) is 66.7 Å². The number of rotatable bonds is 7. The largest absolute Gasteiger partial charge is 0.417 e. The molecule has 11 nitrogen and oxygen atoms in total. The van der Waals surface area contributed by atoms with Crippen molar-refractivity contribution >= 4 is 43.6 Å². The van der Waals surface area contributed by atoms with Crippen LogP contribution in [0.15, 0.2) is 182 Å². The summed E-state index contributed by atoms with van der Waals surface area (Å²) >= 11 is 0. The standard InChI is InChI=1S/C70H30F3N11/c71-70(72,73)63-4-2-1-3-57(63)48-29-68(83-64-17-9-44(53-13-5-40(31-74)21-49(53)35-78)25-58(64)59-26-45(10-18-65(59)83)54-14-6-41(32-75)22-50(54)36-79)62(39-82)69(30-48)84-66-19-11-46(55-15-7-42(33-76)23-51(55)37-80)27-60(66)61-28-47(12-20-67(61)84)56-16-8-43(34-77)24-52(56)38-81/h1-30H. The highest BCUT2D eigenvalue weighted by molar-refractivity contribution is 6.14. The van der Waals surface area contributed by atoms with Gasteiger partial charge in [-0.3, -0.25) is 0 Å². The maximum Gasteiger partial charge on any atom is 0.417 e. The summed E-state index contributed by atoms with van der Waals surface area (Å²) in [6.45, 7) is 0. The third-order valence-electron chi connectivity index (χ3n) is 15.1. The van der Waals surface area contributed by atoms with Gasteiger partial charge in [0.2, 0.25) is 0 Å². The molecule has 0 unspecified atom stereocenters. The minimum Gasteiger partial charge on any atom is -0.308 e. The molecule has 14 heteroatoms. The molecule has 2 heterocycles. The predicted molar refractivity (Wildman–Crippen MR) is 310 cm³/mol. The number of alkyl halides is 3. The molecule has 84 heavy (non-hydrogen) atoms. The summed E-state index contributed by atoms with van der Waals surface area (Å²) in [6.07, 6.45) is -4.83. The van der Waals surface area contributed by atoms with Crippen LogP contribution in [0.1, 0.15) is 55.6 Å². The van der Waals surface area contributed by atoms with Gasteiger partial charge in [-0.2, -0.15) is 60.5 Å². The Balaban J connectivity index is 1.21. The van der Waals surface area contributed by atoms with Crippen molar-refractivity contribution in [3.8, 4) is 122 Å². The fourth-order valence-electron chi connectivity index (χ4n) is 11.3. The lowest BCUT2D eigenvalue weighted by Gasteiger charge is -2.20. The van der Waals surface area contributed by atoms with Crippen molar-refractivity contribution in [1.82, 2.24) is 9.13 Å². The van der Waals surface area contributed by atoms with E-state index in [1.807, 2.05) is 24.3 Å². The molecule has 0 aliphatic carbocycles. The van der Waals surface area contributed by atoms with E-state index in [-0.39, 0.29) is 72.6 Å².